The molecule has 4 atom stereocenters. The zero-order chi connectivity index (χ0) is 8.58. The van der Waals surface area contributed by atoms with Gasteiger partial charge in [0, 0.05) is 11.8 Å². The van der Waals surface area contributed by atoms with Crippen LogP contribution in [0.5, 0.6) is 0 Å². The van der Waals surface area contributed by atoms with Crippen LogP contribution in [0.15, 0.2) is 18.2 Å². The lowest BCUT2D eigenvalue weighted by molar-refractivity contribution is 0.297. The minimum atomic E-state index is 0.596. The molecular formula is C12H12O. The Balaban J connectivity index is 2.02. The largest absolute Gasteiger partial charge is 0.368 e. The Labute approximate surface area is 77.7 Å². The highest BCUT2D eigenvalue weighted by molar-refractivity contribution is 5.50. The molecule has 1 saturated carbocycles. The smallest absolute Gasteiger partial charge is 0.0916 e. The molecule has 1 aromatic rings. The molecule has 4 rings (SSSR count). The maximum atomic E-state index is 5.68. The molecule has 0 amide bonds. The second-order valence-electron chi connectivity index (χ2n) is 4.59. The Kier molecular flexibility index (Phi) is 0.929. The van der Waals surface area contributed by atoms with Crippen molar-refractivity contribution in [3.63, 3.8) is 0 Å². The van der Waals surface area contributed by atoms with Gasteiger partial charge in [-0.2, -0.15) is 0 Å². The third-order valence-corrected chi connectivity index (χ3v) is 3.99. The van der Waals surface area contributed by atoms with Gasteiger partial charge < -0.3 is 4.74 Å². The lowest BCUT2D eigenvalue weighted by atomic mass is 9.89. The van der Waals surface area contributed by atoms with E-state index in [2.05, 4.69) is 25.1 Å². The predicted molar refractivity (Wildman–Crippen MR) is 49.9 cm³/mol. The molecule has 2 bridgehead atoms. The maximum Gasteiger partial charge on any atom is 0.0916 e. The Hall–Kier alpha value is -0.820. The van der Waals surface area contributed by atoms with Gasteiger partial charge in [-0.3, -0.25) is 0 Å². The number of benzene rings is 1. The fraction of sp³-hybridized carbons (Fsp3) is 0.500. The molecule has 0 aromatic heterocycles. The van der Waals surface area contributed by atoms with Crippen LogP contribution in [0.3, 0.4) is 0 Å². The fourth-order valence-corrected chi connectivity index (χ4v) is 3.44. The first-order valence-corrected chi connectivity index (χ1v) is 5.11. The van der Waals surface area contributed by atoms with E-state index in [4.69, 9.17) is 4.74 Å². The molecule has 0 spiro atoms. The van der Waals surface area contributed by atoms with Crippen molar-refractivity contribution >= 4 is 0 Å². The zero-order valence-electron chi connectivity index (χ0n) is 7.66. The van der Waals surface area contributed by atoms with Crippen LogP contribution in [0.2, 0.25) is 0 Å². The molecule has 1 saturated heterocycles. The number of hydrogen-bond acceptors (Lipinski definition) is 1. The molecule has 2 aliphatic carbocycles. The van der Waals surface area contributed by atoms with Crippen molar-refractivity contribution in [3.05, 3.63) is 34.9 Å². The summed E-state index contributed by atoms with van der Waals surface area (Å²) in [7, 11) is 0. The van der Waals surface area contributed by atoms with Gasteiger partial charge in [-0.15, -0.1) is 0 Å². The van der Waals surface area contributed by atoms with Crippen LogP contribution >= 0.6 is 0 Å². The van der Waals surface area contributed by atoms with Gasteiger partial charge in [-0.25, -0.2) is 0 Å². The number of ether oxygens (including phenoxy) is 1. The Morgan fingerprint density at radius 1 is 1.23 bits per heavy atom. The van der Waals surface area contributed by atoms with Gasteiger partial charge in [0.15, 0.2) is 0 Å². The molecule has 1 aliphatic heterocycles. The minimum Gasteiger partial charge on any atom is -0.368 e. The molecule has 0 N–H and O–H groups in total. The summed E-state index contributed by atoms with van der Waals surface area (Å²) in [5.41, 5.74) is 4.67. The summed E-state index contributed by atoms with van der Waals surface area (Å²) in [6.45, 7) is 2.23. The Bertz CT molecular complexity index is 396. The molecule has 0 radical (unpaired) electrons. The van der Waals surface area contributed by atoms with Crippen LogP contribution < -0.4 is 0 Å². The summed E-state index contributed by atoms with van der Waals surface area (Å²) in [6, 6.07) is 6.72. The summed E-state index contributed by atoms with van der Waals surface area (Å²) in [5, 5.41) is 0. The summed E-state index contributed by atoms with van der Waals surface area (Å²) in [4.78, 5) is 0. The van der Waals surface area contributed by atoms with Crippen LogP contribution in [0.4, 0.5) is 0 Å². The summed E-state index contributed by atoms with van der Waals surface area (Å²) in [5.74, 6) is 1.48. The lowest BCUT2D eigenvalue weighted by Crippen LogP contribution is -2.08. The first-order valence-electron chi connectivity index (χ1n) is 5.11. The molecule has 1 nitrogen and oxygen atoms in total. The number of epoxide rings is 1. The van der Waals surface area contributed by atoms with E-state index in [1.165, 1.54) is 12.0 Å². The number of fused-ring (bicyclic) bond motifs is 8. The SMILES string of the molecule is Cc1cccc2c1C1CC2C2OC12. The predicted octanol–water partition coefficient (Wildman–Crippen LogP) is 2.35. The van der Waals surface area contributed by atoms with E-state index in [0.717, 1.165) is 11.8 Å². The first-order chi connectivity index (χ1) is 6.36. The van der Waals surface area contributed by atoms with E-state index in [-0.39, 0.29) is 0 Å². The first kappa shape index (κ1) is 6.61. The van der Waals surface area contributed by atoms with Crippen molar-refractivity contribution in [1.29, 1.82) is 0 Å². The minimum absolute atomic E-state index is 0.596. The molecule has 66 valence electrons. The zero-order valence-corrected chi connectivity index (χ0v) is 7.66. The van der Waals surface area contributed by atoms with Gasteiger partial charge in [-0.1, -0.05) is 18.2 Å². The number of aryl methyl sites for hydroxylation is 1. The van der Waals surface area contributed by atoms with Gasteiger partial charge in [0.05, 0.1) is 12.2 Å². The van der Waals surface area contributed by atoms with Crippen molar-refractivity contribution in [2.45, 2.75) is 37.4 Å². The molecule has 2 fully saturated rings. The molecule has 4 unspecified atom stereocenters. The van der Waals surface area contributed by atoms with E-state index in [9.17, 15) is 0 Å². The van der Waals surface area contributed by atoms with Crippen molar-refractivity contribution in [2.75, 3.05) is 0 Å². The highest BCUT2D eigenvalue weighted by Gasteiger charge is 2.62. The van der Waals surface area contributed by atoms with E-state index >= 15 is 0 Å². The molecule has 13 heavy (non-hydrogen) atoms. The van der Waals surface area contributed by atoms with Crippen molar-refractivity contribution in [1.82, 2.24) is 0 Å². The third-order valence-electron chi connectivity index (χ3n) is 3.99. The second-order valence-corrected chi connectivity index (χ2v) is 4.59. The molecule has 3 aliphatic rings. The van der Waals surface area contributed by atoms with Gasteiger partial charge in [0.1, 0.15) is 0 Å². The van der Waals surface area contributed by atoms with Gasteiger partial charge in [0.25, 0.3) is 0 Å². The Morgan fingerprint density at radius 3 is 3.00 bits per heavy atom. The van der Waals surface area contributed by atoms with Gasteiger partial charge >= 0.3 is 0 Å². The highest BCUT2D eigenvalue weighted by Crippen LogP contribution is 2.63. The van der Waals surface area contributed by atoms with Gasteiger partial charge in [-0.05, 0) is 30.0 Å². The molecular weight excluding hydrogens is 160 g/mol. The average molecular weight is 172 g/mol. The topological polar surface area (TPSA) is 12.5 Å². The van der Waals surface area contributed by atoms with Crippen LogP contribution in [0.1, 0.15) is 34.9 Å². The highest BCUT2D eigenvalue weighted by atomic mass is 16.6. The Morgan fingerprint density at radius 2 is 2.08 bits per heavy atom. The number of hydrogen-bond donors (Lipinski definition) is 0. The summed E-state index contributed by atoms with van der Waals surface area (Å²) >= 11 is 0. The van der Waals surface area contributed by atoms with Crippen molar-refractivity contribution in [2.24, 2.45) is 0 Å². The second kappa shape index (κ2) is 1.83. The van der Waals surface area contributed by atoms with Crippen LogP contribution in [0.25, 0.3) is 0 Å². The van der Waals surface area contributed by atoms with Gasteiger partial charge in [0.2, 0.25) is 0 Å². The van der Waals surface area contributed by atoms with Crippen LogP contribution in [0, 0.1) is 6.92 Å². The van der Waals surface area contributed by atoms with Crippen LogP contribution in [-0.2, 0) is 4.74 Å². The quantitative estimate of drug-likeness (QED) is 0.547. The molecule has 1 aromatic carbocycles. The fourth-order valence-electron chi connectivity index (χ4n) is 3.44. The van der Waals surface area contributed by atoms with E-state index in [1.807, 2.05) is 0 Å². The summed E-state index contributed by atoms with van der Waals surface area (Å²) < 4.78 is 5.68. The lowest BCUT2D eigenvalue weighted by Gasteiger charge is -2.13. The van der Waals surface area contributed by atoms with E-state index in [1.54, 1.807) is 11.1 Å². The molecule has 1 heteroatoms. The normalized spacial score (nSPS) is 43.2. The standard InChI is InChI=1S/C12H12O/c1-6-3-2-4-7-8-5-9(10(6)7)12-11(8)13-12/h2-4,8-9,11-12H,5H2,1H3. The van der Waals surface area contributed by atoms with Crippen molar-refractivity contribution in [3.8, 4) is 0 Å². The van der Waals surface area contributed by atoms with E-state index in [0.29, 0.717) is 12.2 Å². The van der Waals surface area contributed by atoms with E-state index < -0.39 is 0 Å². The number of rotatable bonds is 0. The third kappa shape index (κ3) is 0.614. The average Bonchev–Trinajstić information content (AvgIpc) is 2.75. The van der Waals surface area contributed by atoms with Crippen molar-refractivity contribution < 1.29 is 4.74 Å². The molecule has 1 heterocycles. The summed E-state index contributed by atoms with van der Waals surface area (Å²) in [6.07, 6.45) is 2.55. The monoisotopic (exact) mass is 172 g/mol. The van der Waals surface area contributed by atoms with Crippen LogP contribution in [-0.4, -0.2) is 12.2 Å². The maximum absolute atomic E-state index is 5.68.